The molecule has 1 aliphatic carbocycles. The van der Waals surface area contributed by atoms with E-state index in [1.807, 2.05) is 22.9 Å². The molecule has 1 aliphatic rings. The summed E-state index contributed by atoms with van der Waals surface area (Å²) in [6.45, 7) is 0.421. The molecule has 1 aromatic heterocycles. The third-order valence-electron chi connectivity index (χ3n) is 3.71. The quantitative estimate of drug-likeness (QED) is 0.882. The molecule has 0 bridgehead atoms. The number of fused-ring (bicyclic) bond motifs is 1. The van der Waals surface area contributed by atoms with E-state index < -0.39 is 0 Å². The van der Waals surface area contributed by atoms with Gasteiger partial charge in [0.05, 0.1) is 0 Å². The summed E-state index contributed by atoms with van der Waals surface area (Å²) in [5.41, 5.74) is 1.12. The molecule has 0 unspecified atom stereocenters. The highest BCUT2D eigenvalue weighted by Crippen LogP contribution is 2.18. The molecule has 1 amide bonds. The molecule has 94 valence electrons. The number of amides is 1. The van der Waals surface area contributed by atoms with Crippen LogP contribution in [-0.4, -0.2) is 16.5 Å². The number of carbonyl (C=O) groups excluding carboxylic acids is 1. The minimum Gasteiger partial charge on any atom is -0.352 e. The number of nitrogens with one attached hydrogen (secondary N) is 1. The van der Waals surface area contributed by atoms with Crippen molar-refractivity contribution in [3.8, 4) is 0 Å². The fraction of sp³-hybridized carbons (Fsp3) is 0.400. The van der Waals surface area contributed by atoms with Crippen molar-refractivity contribution in [3.05, 3.63) is 36.5 Å². The first-order valence-electron chi connectivity index (χ1n) is 6.66. The lowest BCUT2D eigenvalue weighted by Crippen LogP contribution is -2.35. The van der Waals surface area contributed by atoms with Crippen LogP contribution >= 0.6 is 0 Å². The molecular weight excluding hydrogens is 224 g/mol. The summed E-state index contributed by atoms with van der Waals surface area (Å²) in [6.07, 6.45) is 6.75. The predicted molar refractivity (Wildman–Crippen MR) is 72.3 cm³/mol. The topological polar surface area (TPSA) is 34.0 Å². The molecule has 0 saturated heterocycles. The Bertz CT molecular complexity index is 552. The van der Waals surface area contributed by atoms with Crippen molar-refractivity contribution < 1.29 is 4.79 Å². The van der Waals surface area contributed by atoms with E-state index in [9.17, 15) is 4.79 Å². The highest BCUT2D eigenvalue weighted by Gasteiger charge is 2.17. The second-order valence-corrected chi connectivity index (χ2v) is 5.05. The molecule has 1 heterocycles. The molecular formula is C15H18N2O. The van der Waals surface area contributed by atoms with Crippen LogP contribution in [0.3, 0.4) is 0 Å². The van der Waals surface area contributed by atoms with E-state index in [-0.39, 0.29) is 5.91 Å². The average Bonchev–Trinajstić information content (AvgIpc) is 3.00. The second-order valence-electron chi connectivity index (χ2n) is 5.05. The largest absolute Gasteiger partial charge is 0.352 e. The molecule has 1 fully saturated rings. The van der Waals surface area contributed by atoms with Gasteiger partial charge in [0.25, 0.3) is 0 Å². The number of benzene rings is 1. The van der Waals surface area contributed by atoms with Gasteiger partial charge in [-0.2, -0.15) is 0 Å². The van der Waals surface area contributed by atoms with Crippen molar-refractivity contribution in [2.75, 3.05) is 0 Å². The molecule has 1 N–H and O–H groups in total. The van der Waals surface area contributed by atoms with Crippen LogP contribution in [0.4, 0.5) is 0 Å². The standard InChI is InChI=1S/C15H18N2O/c18-15(16-13-6-2-3-7-13)11-17-10-9-12-5-1-4-8-14(12)17/h1,4-5,8-10,13H,2-3,6-7,11H2,(H,16,18). The van der Waals surface area contributed by atoms with Gasteiger partial charge in [-0.05, 0) is 30.4 Å². The highest BCUT2D eigenvalue weighted by molar-refractivity contribution is 5.83. The zero-order chi connectivity index (χ0) is 12.4. The smallest absolute Gasteiger partial charge is 0.240 e. The zero-order valence-corrected chi connectivity index (χ0v) is 10.4. The number of aromatic nitrogens is 1. The van der Waals surface area contributed by atoms with Gasteiger partial charge in [-0.25, -0.2) is 0 Å². The molecule has 0 spiro atoms. The molecule has 0 atom stereocenters. The lowest BCUT2D eigenvalue weighted by molar-refractivity contribution is -0.122. The van der Waals surface area contributed by atoms with E-state index >= 15 is 0 Å². The highest BCUT2D eigenvalue weighted by atomic mass is 16.2. The number of rotatable bonds is 3. The fourth-order valence-electron chi connectivity index (χ4n) is 2.78. The maximum absolute atomic E-state index is 12.0. The summed E-state index contributed by atoms with van der Waals surface area (Å²) >= 11 is 0. The molecule has 1 aromatic carbocycles. The summed E-state index contributed by atoms with van der Waals surface area (Å²) in [6, 6.07) is 10.6. The number of hydrogen-bond acceptors (Lipinski definition) is 1. The van der Waals surface area contributed by atoms with Gasteiger partial charge in [-0.1, -0.05) is 31.0 Å². The van der Waals surface area contributed by atoms with Gasteiger partial charge in [0.2, 0.25) is 5.91 Å². The van der Waals surface area contributed by atoms with E-state index in [1.165, 1.54) is 18.2 Å². The van der Waals surface area contributed by atoms with Gasteiger partial charge in [-0.3, -0.25) is 4.79 Å². The first kappa shape index (κ1) is 11.3. The Kier molecular flexibility index (Phi) is 3.05. The Morgan fingerprint density at radius 3 is 2.83 bits per heavy atom. The van der Waals surface area contributed by atoms with Crippen molar-refractivity contribution in [2.24, 2.45) is 0 Å². The summed E-state index contributed by atoms with van der Waals surface area (Å²) in [5.74, 6) is 0.128. The van der Waals surface area contributed by atoms with Crippen LogP contribution < -0.4 is 5.32 Å². The third-order valence-corrected chi connectivity index (χ3v) is 3.71. The van der Waals surface area contributed by atoms with Crippen molar-refractivity contribution in [2.45, 2.75) is 38.3 Å². The Morgan fingerprint density at radius 2 is 2.00 bits per heavy atom. The molecule has 0 radical (unpaired) electrons. The lowest BCUT2D eigenvalue weighted by Gasteiger charge is -2.12. The minimum absolute atomic E-state index is 0.128. The summed E-state index contributed by atoms with van der Waals surface area (Å²) in [7, 11) is 0. The molecule has 3 rings (SSSR count). The Morgan fingerprint density at radius 1 is 1.22 bits per heavy atom. The monoisotopic (exact) mass is 242 g/mol. The minimum atomic E-state index is 0.128. The van der Waals surface area contributed by atoms with Gasteiger partial charge in [-0.15, -0.1) is 0 Å². The molecule has 1 saturated carbocycles. The van der Waals surface area contributed by atoms with Gasteiger partial charge in [0, 0.05) is 17.8 Å². The fourth-order valence-corrected chi connectivity index (χ4v) is 2.78. The van der Waals surface area contributed by atoms with Crippen LogP contribution in [0.1, 0.15) is 25.7 Å². The van der Waals surface area contributed by atoms with Crippen LogP contribution in [0, 0.1) is 0 Å². The molecule has 3 nitrogen and oxygen atoms in total. The Labute approximate surface area is 107 Å². The van der Waals surface area contributed by atoms with Crippen LogP contribution in [0.25, 0.3) is 10.9 Å². The van der Waals surface area contributed by atoms with E-state index in [0.717, 1.165) is 18.4 Å². The normalized spacial score (nSPS) is 16.2. The Balaban J connectivity index is 1.70. The van der Waals surface area contributed by atoms with E-state index in [0.29, 0.717) is 12.6 Å². The zero-order valence-electron chi connectivity index (χ0n) is 10.4. The second kappa shape index (κ2) is 4.84. The maximum Gasteiger partial charge on any atom is 0.240 e. The summed E-state index contributed by atoms with van der Waals surface area (Å²) < 4.78 is 2.01. The number of nitrogens with zero attached hydrogens (tertiary/aromatic N) is 1. The number of hydrogen-bond donors (Lipinski definition) is 1. The summed E-state index contributed by atoms with van der Waals surface area (Å²) in [4.78, 5) is 12.0. The van der Waals surface area contributed by atoms with Crippen LogP contribution in [0.2, 0.25) is 0 Å². The first-order valence-corrected chi connectivity index (χ1v) is 6.66. The number of carbonyl (C=O) groups is 1. The van der Waals surface area contributed by atoms with Gasteiger partial charge >= 0.3 is 0 Å². The van der Waals surface area contributed by atoms with Crippen LogP contribution in [0.5, 0.6) is 0 Å². The predicted octanol–water partition coefficient (Wildman–Crippen LogP) is 2.70. The molecule has 2 aromatic rings. The molecule has 0 aliphatic heterocycles. The van der Waals surface area contributed by atoms with Crippen molar-refractivity contribution in [3.63, 3.8) is 0 Å². The number of para-hydroxylation sites is 1. The van der Waals surface area contributed by atoms with Crippen molar-refractivity contribution in [1.82, 2.24) is 9.88 Å². The van der Waals surface area contributed by atoms with E-state index in [1.54, 1.807) is 0 Å². The molecule has 18 heavy (non-hydrogen) atoms. The average molecular weight is 242 g/mol. The molecule has 3 heteroatoms. The van der Waals surface area contributed by atoms with Gasteiger partial charge in [0.1, 0.15) is 6.54 Å². The van der Waals surface area contributed by atoms with Gasteiger partial charge < -0.3 is 9.88 Å². The SMILES string of the molecule is O=C(Cn1ccc2ccccc21)NC1CCCC1. The first-order chi connectivity index (χ1) is 8.83. The van der Waals surface area contributed by atoms with Crippen LogP contribution in [0.15, 0.2) is 36.5 Å². The Hall–Kier alpha value is -1.77. The lowest BCUT2D eigenvalue weighted by atomic mass is 10.2. The van der Waals surface area contributed by atoms with Crippen molar-refractivity contribution >= 4 is 16.8 Å². The van der Waals surface area contributed by atoms with Crippen LogP contribution in [-0.2, 0) is 11.3 Å². The van der Waals surface area contributed by atoms with E-state index in [4.69, 9.17) is 0 Å². The van der Waals surface area contributed by atoms with Crippen molar-refractivity contribution in [1.29, 1.82) is 0 Å². The summed E-state index contributed by atoms with van der Waals surface area (Å²) in [5, 5.41) is 4.31. The third kappa shape index (κ3) is 2.26. The van der Waals surface area contributed by atoms with Gasteiger partial charge in [0.15, 0.2) is 0 Å². The van der Waals surface area contributed by atoms with E-state index in [2.05, 4.69) is 23.5 Å². The maximum atomic E-state index is 12.0.